The van der Waals surface area contributed by atoms with E-state index in [2.05, 4.69) is 21.5 Å². The topological polar surface area (TPSA) is 101 Å². The molecule has 2 heterocycles. The number of hydrogen-bond acceptors (Lipinski definition) is 6. The predicted molar refractivity (Wildman–Crippen MR) is 113 cm³/mol. The van der Waals surface area contributed by atoms with E-state index in [1.165, 1.54) is 0 Å². The van der Waals surface area contributed by atoms with Crippen molar-refractivity contribution >= 4 is 46.6 Å². The Kier molecular flexibility index (Phi) is 5.72. The molecule has 150 valence electrons. The average Bonchev–Trinajstić information content (AvgIpc) is 3.10. The minimum atomic E-state index is -0.358. The van der Waals surface area contributed by atoms with E-state index >= 15 is 0 Å². The molecule has 0 radical (unpaired) electrons. The number of fused-ring (bicyclic) bond motifs is 2. The summed E-state index contributed by atoms with van der Waals surface area (Å²) in [6.07, 6.45) is 0.450. The first-order chi connectivity index (χ1) is 14.1. The van der Waals surface area contributed by atoms with Crippen LogP contribution in [0.5, 0.6) is 11.5 Å². The Labute approximate surface area is 176 Å². The van der Waals surface area contributed by atoms with Crippen LogP contribution < -0.4 is 31.0 Å². The fourth-order valence-corrected chi connectivity index (χ4v) is 3.88. The third-order valence-corrected chi connectivity index (χ3v) is 5.60. The van der Waals surface area contributed by atoms with Crippen molar-refractivity contribution in [3.63, 3.8) is 0 Å². The molecule has 0 fully saturated rings. The number of carbonyl (C=O) groups excluding carboxylic acids is 2. The van der Waals surface area contributed by atoms with Gasteiger partial charge in [-0.2, -0.15) is 0 Å². The minimum absolute atomic E-state index is 0.0548. The number of ether oxygens (including phenoxy) is 2. The van der Waals surface area contributed by atoms with Crippen molar-refractivity contribution in [2.45, 2.75) is 17.9 Å². The van der Waals surface area contributed by atoms with E-state index in [9.17, 15) is 9.59 Å². The molecule has 10 heteroatoms. The van der Waals surface area contributed by atoms with E-state index in [1.54, 1.807) is 23.9 Å². The third kappa shape index (κ3) is 4.72. The summed E-state index contributed by atoms with van der Waals surface area (Å²) in [7, 11) is 0. The van der Waals surface area contributed by atoms with Gasteiger partial charge in [-0.25, -0.2) is 0 Å². The minimum Gasteiger partial charge on any atom is -0.454 e. The molecule has 0 aliphatic carbocycles. The van der Waals surface area contributed by atoms with Gasteiger partial charge in [-0.05, 0) is 48.1 Å². The van der Waals surface area contributed by atoms with Crippen molar-refractivity contribution in [2.75, 3.05) is 17.9 Å². The lowest BCUT2D eigenvalue weighted by Gasteiger charge is -2.13. The highest BCUT2D eigenvalue weighted by Gasteiger charge is 2.16. The van der Waals surface area contributed by atoms with E-state index in [-0.39, 0.29) is 23.7 Å². The number of hydrazine groups is 1. The molecule has 0 unspecified atom stereocenters. The van der Waals surface area contributed by atoms with Crippen molar-refractivity contribution in [3.8, 4) is 11.5 Å². The Hall–Kier alpha value is -2.98. The zero-order chi connectivity index (χ0) is 20.2. The van der Waals surface area contributed by atoms with Crippen molar-refractivity contribution in [2.24, 2.45) is 0 Å². The molecule has 0 atom stereocenters. The van der Waals surface area contributed by atoms with Gasteiger partial charge in [0.25, 0.3) is 5.91 Å². The highest BCUT2D eigenvalue weighted by Crippen LogP contribution is 2.32. The lowest BCUT2D eigenvalue weighted by molar-refractivity contribution is -0.115. The van der Waals surface area contributed by atoms with Gasteiger partial charge in [0, 0.05) is 29.2 Å². The van der Waals surface area contributed by atoms with Crippen LogP contribution in [0.15, 0.2) is 41.3 Å². The maximum atomic E-state index is 12.4. The summed E-state index contributed by atoms with van der Waals surface area (Å²) in [4.78, 5) is 25.1. The first kappa shape index (κ1) is 19.3. The molecule has 0 bridgehead atoms. The molecule has 0 spiro atoms. The number of anilines is 1. The maximum Gasteiger partial charge on any atom is 0.269 e. The van der Waals surface area contributed by atoms with E-state index in [4.69, 9.17) is 21.7 Å². The van der Waals surface area contributed by atoms with Crippen LogP contribution in [-0.4, -0.2) is 29.5 Å². The molecule has 2 aliphatic rings. The average molecular weight is 431 g/mol. The second-order valence-corrected chi connectivity index (χ2v) is 7.85. The van der Waals surface area contributed by atoms with Gasteiger partial charge < -0.3 is 20.1 Å². The van der Waals surface area contributed by atoms with Crippen LogP contribution in [0.25, 0.3) is 0 Å². The van der Waals surface area contributed by atoms with Crippen LogP contribution in [0, 0.1) is 0 Å². The first-order valence-corrected chi connectivity index (χ1v) is 10.3. The normalized spacial score (nSPS) is 14.3. The van der Waals surface area contributed by atoms with Crippen molar-refractivity contribution in [1.29, 1.82) is 0 Å². The number of benzene rings is 2. The van der Waals surface area contributed by atoms with Gasteiger partial charge in [0.1, 0.15) is 0 Å². The van der Waals surface area contributed by atoms with Crippen LogP contribution >= 0.6 is 24.0 Å². The molecular formula is C19H18N4O4S2. The number of rotatable bonds is 3. The zero-order valence-corrected chi connectivity index (χ0v) is 16.9. The standard InChI is InChI=1S/C19H18N4O4S2/c24-17-5-6-29-16-4-2-12(8-13(16)21-17)18(25)22-23-19(28)20-9-11-1-3-14-15(7-11)27-10-26-14/h1-4,7-8H,5-6,9-10H2,(H,21,24)(H,22,25)(H2,20,23,28). The van der Waals surface area contributed by atoms with Gasteiger partial charge in [-0.3, -0.25) is 20.4 Å². The smallest absolute Gasteiger partial charge is 0.269 e. The van der Waals surface area contributed by atoms with Crippen LogP contribution in [-0.2, 0) is 11.3 Å². The second kappa shape index (κ2) is 8.58. The van der Waals surface area contributed by atoms with E-state index in [1.807, 2.05) is 24.3 Å². The number of thiocarbonyl (C=S) groups is 1. The van der Waals surface area contributed by atoms with E-state index in [0.717, 1.165) is 22.0 Å². The van der Waals surface area contributed by atoms with E-state index < -0.39 is 0 Å². The van der Waals surface area contributed by atoms with Gasteiger partial charge in [0.2, 0.25) is 12.7 Å². The summed E-state index contributed by atoms with van der Waals surface area (Å²) < 4.78 is 10.6. The van der Waals surface area contributed by atoms with Crippen molar-refractivity contribution in [3.05, 3.63) is 47.5 Å². The summed E-state index contributed by atoms with van der Waals surface area (Å²) in [6.45, 7) is 0.684. The fraction of sp³-hybridized carbons (Fsp3) is 0.211. The van der Waals surface area contributed by atoms with Crippen LogP contribution in [0.2, 0.25) is 0 Å². The van der Waals surface area contributed by atoms with Crippen molar-refractivity contribution < 1.29 is 19.1 Å². The number of nitrogens with one attached hydrogen (secondary N) is 4. The monoisotopic (exact) mass is 430 g/mol. The number of carbonyl (C=O) groups is 2. The number of thioether (sulfide) groups is 1. The third-order valence-electron chi connectivity index (χ3n) is 4.28. The highest BCUT2D eigenvalue weighted by molar-refractivity contribution is 7.99. The molecule has 4 N–H and O–H groups in total. The number of amides is 2. The summed E-state index contributed by atoms with van der Waals surface area (Å²) in [5.41, 5.74) is 7.25. The Balaban J connectivity index is 1.29. The Morgan fingerprint density at radius 3 is 2.90 bits per heavy atom. The Bertz CT molecular complexity index is 983. The van der Waals surface area contributed by atoms with Crippen LogP contribution in [0.1, 0.15) is 22.3 Å². The molecule has 29 heavy (non-hydrogen) atoms. The molecule has 0 saturated carbocycles. The van der Waals surface area contributed by atoms with Gasteiger partial charge in [-0.1, -0.05) is 6.07 Å². The first-order valence-electron chi connectivity index (χ1n) is 8.88. The lowest BCUT2D eigenvalue weighted by Crippen LogP contribution is -2.46. The number of hydrogen-bond donors (Lipinski definition) is 4. The summed E-state index contributed by atoms with van der Waals surface area (Å²) >= 11 is 6.78. The Morgan fingerprint density at radius 1 is 1.14 bits per heavy atom. The quantitative estimate of drug-likeness (QED) is 0.434. The molecule has 0 aromatic heterocycles. The molecule has 2 aliphatic heterocycles. The fourth-order valence-electron chi connectivity index (χ4n) is 2.82. The van der Waals surface area contributed by atoms with Crippen LogP contribution in [0.4, 0.5) is 5.69 Å². The largest absolute Gasteiger partial charge is 0.454 e. The molecule has 2 amide bonds. The molecule has 2 aromatic rings. The predicted octanol–water partition coefficient (Wildman–Crippen LogP) is 2.16. The van der Waals surface area contributed by atoms with Gasteiger partial charge >= 0.3 is 0 Å². The zero-order valence-electron chi connectivity index (χ0n) is 15.2. The molecular weight excluding hydrogens is 412 g/mol. The molecule has 4 rings (SSSR count). The SMILES string of the molecule is O=C1CCSc2ccc(C(=O)NNC(=S)NCc3ccc4c(c3)OCO4)cc2N1. The molecule has 8 nitrogen and oxygen atoms in total. The van der Waals surface area contributed by atoms with E-state index in [0.29, 0.717) is 30.0 Å². The van der Waals surface area contributed by atoms with Gasteiger partial charge in [0.05, 0.1) is 5.69 Å². The highest BCUT2D eigenvalue weighted by atomic mass is 32.2. The summed E-state index contributed by atoms with van der Waals surface area (Å²) in [5, 5.41) is 6.10. The summed E-state index contributed by atoms with van der Waals surface area (Å²) in [6, 6.07) is 10.8. The maximum absolute atomic E-state index is 12.4. The molecule has 0 saturated heterocycles. The van der Waals surface area contributed by atoms with Gasteiger partial charge in [0.15, 0.2) is 16.6 Å². The molecule has 2 aromatic carbocycles. The second-order valence-electron chi connectivity index (χ2n) is 6.31. The summed E-state index contributed by atoms with van der Waals surface area (Å²) in [5.74, 6) is 1.72. The van der Waals surface area contributed by atoms with Gasteiger partial charge in [-0.15, -0.1) is 11.8 Å². The lowest BCUT2D eigenvalue weighted by atomic mass is 10.2. The Morgan fingerprint density at radius 2 is 2.00 bits per heavy atom. The van der Waals surface area contributed by atoms with Crippen molar-refractivity contribution in [1.82, 2.24) is 16.2 Å². The van der Waals surface area contributed by atoms with Crippen LogP contribution in [0.3, 0.4) is 0 Å².